The topological polar surface area (TPSA) is 65.8 Å². The van der Waals surface area contributed by atoms with E-state index in [9.17, 15) is 10.1 Å². The average Bonchev–Trinajstić information content (AvgIpc) is 2.61. The molecule has 0 bridgehead atoms. The molecule has 1 heterocycles. The van der Waals surface area contributed by atoms with Crippen LogP contribution in [0.25, 0.3) is 17.0 Å². The number of aromatic nitrogens is 1. The number of nitrogens with zero attached hydrogens (tertiary/aromatic N) is 2. The number of pyridine rings is 1. The van der Waals surface area contributed by atoms with E-state index in [2.05, 4.69) is 10.3 Å². The number of amides is 1. The zero-order valence-electron chi connectivity index (χ0n) is 13.5. The summed E-state index contributed by atoms with van der Waals surface area (Å²) in [4.78, 5) is 16.6. The van der Waals surface area contributed by atoms with E-state index >= 15 is 0 Å². The Morgan fingerprint density at radius 2 is 1.92 bits per heavy atom. The van der Waals surface area contributed by atoms with E-state index in [0.717, 1.165) is 16.5 Å². The SMILES string of the molecule is Cc1ccc(NC(=O)C(C#N)=Cc2cc3ccccc3nc2Cl)cc1. The summed E-state index contributed by atoms with van der Waals surface area (Å²) < 4.78 is 0. The first-order valence-corrected chi connectivity index (χ1v) is 8.00. The number of para-hydroxylation sites is 1. The van der Waals surface area contributed by atoms with Crippen molar-refractivity contribution in [1.82, 2.24) is 4.98 Å². The van der Waals surface area contributed by atoms with Gasteiger partial charge in [-0.1, -0.05) is 47.5 Å². The molecule has 0 saturated heterocycles. The lowest BCUT2D eigenvalue weighted by atomic mass is 10.1. The molecule has 4 nitrogen and oxygen atoms in total. The Bertz CT molecular complexity index is 1020. The molecule has 0 saturated carbocycles. The van der Waals surface area contributed by atoms with E-state index in [-0.39, 0.29) is 10.7 Å². The van der Waals surface area contributed by atoms with Crippen LogP contribution in [-0.4, -0.2) is 10.9 Å². The number of nitriles is 1. The summed E-state index contributed by atoms with van der Waals surface area (Å²) in [5.74, 6) is -0.490. The largest absolute Gasteiger partial charge is 0.321 e. The molecule has 2 aromatic carbocycles. The Balaban J connectivity index is 1.92. The molecule has 122 valence electrons. The summed E-state index contributed by atoms with van der Waals surface area (Å²) in [7, 11) is 0. The number of anilines is 1. The molecule has 0 aliphatic carbocycles. The molecule has 0 radical (unpaired) electrons. The number of hydrogen-bond donors (Lipinski definition) is 1. The third kappa shape index (κ3) is 3.85. The van der Waals surface area contributed by atoms with E-state index in [1.807, 2.05) is 49.4 Å². The average molecular weight is 348 g/mol. The molecule has 1 amide bonds. The molecule has 0 unspecified atom stereocenters. The number of carbonyl (C=O) groups excluding carboxylic acids is 1. The van der Waals surface area contributed by atoms with Crippen LogP contribution in [0.2, 0.25) is 5.15 Å². The normalized spacial score (nSPS) is 11.2. The van der Waals surface area contributed by atoms with Crippen molar-refractivity contribution in [2.45, 2.75) is 6.92 Å². The minimum atomic E-state index is -0.490. The highest BCUT2D eigenvalue weighted by Crippen LogP contribution is 2.23. The maximum absolute atomic E-state index is 12.3. The summed E-state index contributed by atoms with van der Waals surface area (Å²) in [6, 6.07) is 18.6. The minimum Gasteiger partial charge on any atom is -0.321 e. The van der Waals surface area contributed by atoms with Gasteiger partial charge in [0, 0.05) is 16.6 Å². The number of hydrogen-bond acceptors (Lipinski definition) is 3. The van der Waals surface area contributed by atoms with E-state index in [1.165, 1.54) is 6.08 Å². The van der Waals surface area contributed by atoms with Crippen molar-refractivity contribution in [2.24, 2.45) is 0 Å². The first-order valence-electron chi connectivity index (χ1n) is 7.62. The smallest absolute Gasteiger partial charge is 0.266 e. The molecule has 1 aromatic heterocycles. The molecule has 3 rings (SSSR count). The van der Waals surface area contributed by atoms with Crippen LogP contribution in [0.15, 0.2) is 60.2 Å². The number of halogens is 1. The van der Waals surface area contributed by atoms with Gasteiger partial charge in [0.2, 0.25) is 0 Å². The van der Waals surface area contributed by atoms with Gasteiger partial charge in [-0.05, 0) is 37.3 Å². The zero-order valence-corrected chi connectivity index (χ0v) is 14.2. The number of carbonyl (C=O) groups is 1. The Hall–Kier alpha value is -3.16. The lowest BCUT2D eigenvalue weighted by Gasteiger charge is -2.06. The standard InChI is InChI=1S/C20H14ClN3O/c1-13-6-8-17(9-7-13)23-20(25)16(12-22)11-15-10-14-4-2-3-5-18(14)24-19(15)21/h2-11H,1H3,(H,23,25). The fraction of sp³-hybridized carbons (Fsp3) is 0.0500. The number of aryl methyl sites for hydroxylation is 1. The maximum atomic E-state index is 12.3. The molecule has 1 N–H and O–H groups in total. The van der Waals surface area contributed by atoms with Gasteiger partial charge >= 0.3 is 0 Å². The summed E-state index contributed by atoms with van der Waals surface area (Å²) in [6.45, 7) is 1.96. The van der Waals surface area contributed by atoms with Gasteiger partial charge in [0.15, 0.2) is 0 Å². The number of fused-ring (bicyclic) bond motifs is 1. The van der Waals surface area contributed by atoms with Crippen molar-refractivity contribution in [1.29, 1.82) is 5.26 Å². The highest BCUT2D eigenvalue weighted by Gasteiger charge is 2.11. The number of nitrogens with one attached hydrogen (secondary N) is 1. The van der Waals surface area contributed by atoms with Crippen LogP contribution in [0, 0.1) is 18.3 Å². The minimum absolute atomic E-state index is 0.0421. The van der Waals surface area contributed by atoms with Crippen LogP contribution < -0.4 is 5.32 Å². The summed E-state index contributed by atoms with van der Waals surface area (Å²) >= 11 is 6.19. The predicted molar refractivity (Wildman–Crippen MR) is 100 cm³/mol. The first kappa shape index (κ1) is 16.7. The Morgan fingerprint density at radius 3 is 2.64 bits per heavy atom. The predicted octanol–water partition coefficient (Wildman–Crippen LogP) is 4.74. The molecule has 0 atom stereocenters. The van der Waals surface area contributed by atoms with Crippen molar-refractivity contribution in [2.75, 3.05) is 5.32 Å². The fourth-order valence-electron chi connectivity index (χ4n) is 2.35. The summed E-state index contributed by atoms with van der Waals surface area (Å²) in [5.41, 5.74) is 2.95. The van der Waals surface area contributed by atoms with Gasteiger partial charge < -0.3 is 5.32 Å². The van der Waals surface area contributed by atoms with Gasteiger partial charge in [0.1, 0.15) is 16.8 Å². The van der Waals surface area contributed by atoms with Crippen LogP contribution in [0.3, 0.4) is 0 Å². The zero-order chi connectivity index (χ0) is 17.8. The Kier molecular flexibility index (Phi) is 4.78. The van der Waals surface area contributed by atoms with Gasteiger partial charge in [-0.15, -0.1) is 0 Å². The Morgan fingerprint density at radius 1 is 1.20 bits per heavy atom. The van der Waals surface area contributed by atoms with E-state index < -0.39 is 5.91 Å². The van der Waals surface area contributed by atoms with Crippen molar-refractivity contribution >= 4 is 40.2 Å². The van der Waals surface area contributed by atoms with Gasteiger partial charge in [0.05, 0.1) is 5.52 Å². The third-order valence-electron chi connectivity index (χ3n) is 3.68. The van der Waals surface area contributed by atoms with E-state index in [1.54, 1.807) is 18.2 Å². The number of rotatable bonds is 3. The Labute approximate surface area is 150 Å². The maximum Gasteiger partial charge on any atom is 0.266 e. The molecule has 25 heavy (non-hydrogen) atoms. The molecule has 0 fully saturated rings. The second kappa shape index (κ2) is 7.16. The van der Waals surface area contributed by atoms with Crippen LogP contribution in [-0.2, 0) is 4.79 Å². The molecule has 0 aliphatic heterocycles. The second-order valence-electron chi connectivity index (χ2n) is 5.55. The van der Waals surface area contributed by atoms with Gasteiger partial charge in [-0.2, -0.15) is 5.26 Å². The van der Waals surface area contributed by atoms with Crippen molar-refractivity contribution in [3.63, 3.8) is 0 Å². The summed E-state index contributed by atoms with van der Waals surface area (Å²) in [6.07, 6.45) is 1.45. The van der Waals surface area contributed by atoms with Gasteiger partial charge in [0.25, 0.3) is 5.91 Å². The van der Waals surface area contributed by atoms with Crippen LogP contribution in [0.5, 0.6) is 0 Å². The highest BCUT2D eigenvalue weighted by atomic mass is 35.5. The summed E-state index contributed by atoms with van der Waals surface area (Å²) in [5, 5.41) is 13.2. The van der Waals surface area contributed by atoms with Crippen LogP contribution in [0.1, 0.15) is 11.1 Å². The fourth-order valence-corrected chi connectivity index (χ4v) is 2.55. The molecule has 0 spiro atoms. The van der Waals surface area contributed by atoms with Crippen molar-refractivity contribution in [3.05, 3.63) is 76.5 Å². The lowest BCUT2D eigenvalue weighted by molar-refractivity contribution is -0.112. The molecule has 0 aliphatic rings. The van der Waals surface area contributed by atoms with Gasteiger partial charge in [-0.3, -0.25) is 4.79 Å². The van der Waals surface area contributed by atoms with E-state index in [0.29, 0.717) is 11.3 Å². The number of benzene rings is 2. The molecular weight excluding hydrogens is 334 g/mol. The van der Waals surface area contributed by atoms with Crippen LogP contribution in [0.4, 0.5) is 5.69 Å². The quantitative estimate of drug-likeness (QED) is 0.422. The van der Waals surface area contributed by atoms with Crippen molar-refractivity contribution < 1.29 is 4.79 Å². The molecule has 3 aromatic rings. The monoisotopic (exact) mass is 347 g/mol. The second-order valence-corrected chi connectivity index (χ2v) is 5.91. The first-order chi connectivity index (χ1) is 12.1. The van der Waals surface area contributed by atoms with E-state index in [4.69, 9.17) is 11.6 Å². The molecule has 5 heteroatoms. The van der Waals surface area contributed by atoms with Crippen molar-refractivity contribution in [3.8, 4) is 6.07 Å². The molecular formula is C20H14ClN3O. The lowest BCUT2D eigenvalue weighted by Crippen LogP contribution is -2.13. The van der Waals surface area contributed by atoms with Gasteiger partial charge in [-0.25, -0.2) is 4.98 Å². The highest BCUT2D eigenvalue weighted by molar-refractivity contribution is 6.31. The van der Waals surface area contributed by atoms with Crippen LogP contribution >= 0.6 is 11.6 Å². The third-order valence-corrected chi connectivity index (χ3v) is 3.98.